The van der Waals surface area contributed by atoms with Crippen molar-refractivity contribution in [2.24, 2.45) is 0 Å². The van der Waals surface area contributed by atoms with Gasteiger partial charge in [0.2, 0.25) is 0 Å². The summed E-state index contributed by atoms with van der Waals surface area (Å²) in [5, 5.41) is 22.6. The van der Waals surface area contributed by atoms with Crippen molar-refractivity contribution < 1.29 is 15.0 Å². The minimum atomic E-state index is -1.49. The molecule has 1 aromatic carbocycles. The van der Waals surface area contributed by atoms with Crippen LogP contribution in [0.4, 0.5) is 5.82 Å². The lowest BCUT2D eigenvalue weighted by atomic mass is 9.99. The van der Waals surface area contributed by atoms with Crippen LogP contribution in [0.2, 0.25) is 0 Å². The van der Waals surface area contributed by atoms with Crippen LogP contribution >= 0.6 is 0 Å². The van der Waals surface area contributed by atoms with E-state index in [-0.39, 0.29) is 24.4 Å². The average molecular weight is 270 g/mol. The van der Waals surface area contributed by atoms with Crippen molar-refractivity contribution in [1.82, 2.24) is 4.98 Å². The summed E-state index contributed by atoms with van der Waals surface area (Å²) in [6.07, 6.45) is 1.99. The van der Waals surface area contributed by atoms with E-state index in [1.807, 2.05) is 24.3 Å². The maximum Gasteiger partial charge on any atom is 0.258 e. The number of amides is 1. The molecule has 1 aliphatic rings. The third kappa shape index (κ3) is 2.12. The van der Waals surface area contributed by atoms with Crippen LogP contribution in [0.15, 0.2) is 42.6 Å². The molecule has 1 heterocycles. The Labute approximate surface area is 115 Å². The van der Waals surface area contributed by atoms with Crippen molar-refractivity contribution in [3.63, 3.8) is 0 Å². The molecule has 20 heavy (non-hydrogen) atoms. The first-order valence-electron chi connectivity index (χ1n) is 6.33. The van der Waals surface area contributed by atoms with Gasteiger partial charge in [-0.15, -0.1) is 0 Å². The Morgan fingerprint density at radius 1 is 1.15 bits per heavy atom. The topological polar surface area (TPSA) is 82.5 Å². The highest BCUT2D eigenvalue weighted by molar-refractivity contribution is 5.98. The zero-order chi connectivity index (χ0) is 14.2. The van der Waals surface area contributed by atoms with Crippen LogP contribution in [-0.4, -0.2) is 26.7 Å². The first-order valence-corrected chi connectivity index (χ1v) is 6.33. The number of nitrogens with zero attached hydrogens (tertiary/aromatic N) is 1. The van der Waals surface area contributed by atoms with E-state index in [9.17, 15) is 15.0 Å². The Hall–Kier alpha value is -2.40. The lowest BCUT2D eigenvalue weighted by molar-refractivity contribution is -0.133. The lowest BCUT2D eigenvalue weighted by Gasteiger charge is -2.21. The highest BCUT2D eigenvalue weighted by Gasteiger charge is 2.42. The normalized spacial score (nSPS) is 15.7. The first-order chi connectivity index (χ1) is 9.58. The molecule has 5 nitrogen and oxygen atoms in total. The van der Waals surface area contributed by atoms with Gasteiger partial charge in [0.25, 0.3) is 5.91 Å². The van der Waals surface area contributed by atoms with Crippen molar-refractivity contribution in [2.45, 2.75) is 18.4 Å². The molecule has 0 spiro atoms. The van der Waals surface area contributed by atoms with Crippen molar-refractivity contribution in [2.75, 3.05) is 5.32 Å². The van der Waals surface area contributed by atoms with E-state index in [1.165, 1.54) is 12.3 Å². The highest BCUT2D eigenvalue weighted by Crippen LogP contribution is 2.31. The Kier molecular flexibility index (Phi) is 2.91. The predicted molar refractivity (Wildman–Crippen MR) is 73.3 cm³/mol. The van der Waals surface area contributed by atoms with Crippen LogP contribution in [0.5, 0.6) is 5.75 Å². The number of rotatable bonds is 2. The second-order valence-electron chi connectivity index (χ2n) is 4.98. The molecule has 0 saturated carbocycles. The number of fused-ring (bicyclic) bond motifs is 1. The molecule has 102 valence electrons. The number of aromatic nitrogens is 1. The molecule has 0 fully saturated rings. The van der Waals surface area contributed by atoms with Crippen molar-refractivity contribution in [1.29, 1.82) is 0 Å². The number of nitrogens with one attached hydrogen (secondary N) is 1. The number of hydrogen-bond donors (Lipinski definition) is 3. The third-order valence-electron chi connectivity index (χ3n) is 3.53. The molecule has 1 aliphatic carbocycles. The van der Waals surface area contributed by atoms with Crippen LogP contribution in [0.1, 0.15) is 11.1 Å². The molecule has 2 aromatic rings. The number of carbonyl (C=O) groups is 1. The van der Waals surface area contributed by atoms with Gasteiger partial charge in [-0.25, -0.2) is 4.98 Å². The van der Waals surface area contributed by atoms with Gasteiger partial charge < -0.3 is 15.5 Å². The van der Waals surface area contributed by atoms with Crippen LogP contribution in [0.25, 0.3) is 0 Å². The standard InChI is InChI=1S/C15H14N2O3/c18-12-6-3-7-16-13(12)17-14(19)15(20)8-10-4-1-2-5-11(10)9-15/h1-7,18,20H,8-9H2,(H,16,17,19). The molecule has 0 saturated heterocycles. The van der Waals surface area contributed by atoms with E-state index >= 15 is 0 Å². The molecule has 1 amide bonds. The molecule has 0 atom stereocenters. The summed E-state index contributed by atoms with van der Waals surface area (Å²) in [4.78, 5) is 16.1. The molecular formula is C15H14N2O3. The molecule has 3 rings (SSSR count). The van der Waals surface area contributed by atoms with Crippen LogP contribution in [0, 0.1) is 0 Å². The number of carbonyl (C=O) groups excluding carboxylic acids is 1. The average Bonchev–Trinajstić information content (AvgIpc) is 2.79. The van der Waals surface area contributed by atoms with Crippen LogP contribution in [-0.2, 0) is 17.6 Å². The monoisotopic (exact) mass is 270 g/mol. The largest absolute Gasteiger partial charge is 0.504 e. The first kappa shape index (κ1) is 12.6. The lowest BCUT2D eigenvalue weighted by Crippen LogP contribution is -2.43. The maximum absolute atomic E-state index is 12.2. The van der Waals surface area contributed by atoms with E-state index in [0.717, 1.165) is 11.1 Å². The molecular weight excluding hydrogens is 256 g/mol. The number of pyridine rings is 1. The fourth-order valence-corrected chi connectivity index (χ4v) is 2.47. The quantitative estimate of drug-likeness (QED) is 0.767. The van der Waals surface area contributed by atoms with Crippen molar-refractivity contribution >= 4 is 11.7 Å². The Balaban J connectivity index is 1.81. The molecule has 0 unspecified atom stereocenters. The fraction of sp³-hybridized carbons (Fsp3) is 0.200. The van der Waals surface area contributed by atoms with Gasteiger partial charge in [-0.3, -0.25) is 4.79 Å². The fourth-order valence-electron chi connectivity index (χ4n) is 2.47. The van der Waals surface area contributed by atoms with Gasteiger partial charge in [0.15, 0.2) is 17.2 Å². The zero-order valence-corrected chi connectivity index (χ0v) is 10.7. The summed E-state index contributed by atoms with van der Waals surface area (Å²) in [5.41, 5.74) is 0.443. The predicted octanol–water partition coefficient (Wildman–Crippen LogP) is 1.26. The molecule has 0 radical (unpaired) electrons. The van der Waals surface area contributed by atoms with Crippen LogP contribution in [0.3, 0.4) is 0 Å². The van der Waals surface area contributed by atoms with Crippen LogP contribution < -0.4 is 5.32 Å². The summed E-state index contributed by atoms with van der Waals surface area (Å²) in [6.45, 7) is 0. The highest BCUT2D eigenvalue weighted by atomic mass is 16.3. The van der Waals surface area contributed by atoms with E-state index in [4.69, 9.17) is 0 Å². The number of aliphatic hydroxyl groups is 1. The maximum atomic E-state index is 12.2. The second kappa shape index (κ2) is 4.61. The minimum Gasteiger partial charge on any atom is -0.504 e. The van der Waals surface area contributed by atoms with E-state index in [1.54, 1.807) is 6.07 Å². The zero-order valence-electron chi connectivity index (χ0n) is 10.7. The Bertz CT molecular complexity index is 645. The third-order valence-corrected chi connectivity index (χ3v) is 3.53. The SMILES string of the molecule is O=C(Nc1ncccc1O)C1(O)Cc2ccccc2C1. The minimum absolute atomic E-state index is 0.0573. The summed E-state index contributed by atoms with van der Waals surface area (Å²) in [7, 11) is 0. The van der Waals surface area contributed by atoms with E-state index < -0.39 is 11.5 Å². The van der Waals surface area contributed by atoms with Gasteiger partial charge in [0.1, 0.15) is 0 Å². The molecule has 3 N–H and O–H groups in total. The summed E-state index contributed by atoms with van der Waals surface area (Å²) in [6, 6.07) is 10.6. The van der Waals surface area contributed by atoms with Gasteiger partial charge in [-0.1, -0.05) is 24.3 Å². The number of anilines is 1. The molecule has 0 bridgehead atoms. The van der Waals surface area contributed by atoms with Gasteiger partial charge in [-0.2, -0.15) is 0 Å². The van der Waals surface area contributed by atoms with E-state index in [0.29, 0.717) is 0 Å². The van der Waals surface area contributed by atoms with Gasteiger partial charge in [0, 0.05) is 19.0 Å². The molecule has 0 aliphatic heterocycles. The van der Waals surface area contributed by atoms with Gasteiger partial charge in [0.05, 0.1) is 0 Å². The van der Waals surface area contributed by atoms with Gasteiger partial charge >= 0.3 is 0 Å². The summed E-state index contributed by atoms with van der Waals surface area (Å²) >= 11 is 0. The molecule has 1 aromatic heterocycles. The Morgan fingerprint density at radius 2 is 1.80 bits per heavy atom. The number of benzene rings is 1. The van der Waals surface area contributed by atoms with Crippen molar-refractivity contribution in [3.8, 4) is 5.75 Å². The summed E-state index contributed by atoms with van der Waals surface area (Å²) < 4.78 is 0. The number of aromatic hydroxyl groups is 1. The van der Waals surface area contributed by atoms with E-state index in [2.05, 4.69) is 10.3 Å². The number of hydrogen-bond acceptors (Lipinski definition) is 4. The second-order valence-corrected chi connectivity index (χ2v) is 4.98. The van der Waals surface area contributed by atoms with Crippen molar-refractivity contribution in [3.05, 3.63) is 53.7 Å². The van der Waals surface area contributed by atoms with Gasteiger partial charge in [-0.05, 0) is 23.3 Å². The summed E-state index contributed by atoms with van der Waals surface area (Å²) in [5.74, 6) is -0.621. The smallest absolute Gasteiger partial charge is 0.258 e. The molecule has 5 heteroatoms. The Morgan fingerprint density at radius 3 is 2.40 bits per heavy atom.